The molecule has 236 valence electrons. The van der Waals surface area contributed by atoms with Crippen LogP contribution in [0.1, 0.15) is 61.2 Å². The van der Waals surface area contributed by atoms with Crippen molar-refractivity contribution in [1.29, 1.82) is 0 Å². The molecule has 0 saturated carbocycles. The van der Waals surface area contributed by atoms with Crippen molar-refractivity contribution in [1.82, 2.24) is 9.55 Å². The standard InChI is InChI=1S/C34H39N5O5S/c1-39-18-17-36-34(39)45-22-27-20-30(24-15-13-23(21-40)14-16-24)44-33(43-27)25-7-6-8-26(19-25)37-31(41)11-4-5-12-32(42)38-29-10-3-2-9-28(29)35/h2-3,6-10,13-19,27,30,33,40H,4-5,11-12,20-22,35H2,1H3,(H,37,41)(H,38,42)/t27-,30+,33+/m0/s1. The first kappa shape index (κ1) is 32.2. The van der Waals surface area contributed by atoms with Gasteiger partial charge in [-0.05, 0) is 48.2 Å². The van der Waals surface area contributed by atoms with Crippen molar-refractivity contribution in [3.63, 3.8) is 0 Å². The summed E-state index contributed by atoms with van der Waals surface area (Å²) in [7, 11) is 1.97. The number of amides is 2. The van der Waals surface area contributed by atoms with Gasteiger partial charge >= 0.3 is 0 Å². The summed E-state index contributed by atoms with van der Waals surface area (Å²) in [6.07, 6.45) is 5.15. The number of nitrogens with one attached hydrogen (secondary N) is 2. The number of unbranched alkanes of at least 4 members (excludes halogenated alkanes) is 1. The van der Waals surface area contributed by atoms with Gasteiger partial charge in [-0.2, -0.15) is 0 Å². The number of thioether (sulfide) groups is 1. The molecule has 0 radical (unpaired) electrons. The number of anilines is 3. The molecule has 5 rings (SSSR count). The molecule has 3 aromatic carbocycles. The molecular weight excluding hydrogens is 590 g/mol. The van der Waals surface area contributed by atoms with Crippen molar-refractivity contribution in [3.05, 3.63) is 102 Å². The second-order valence-electron chi connectivity index (χ2n) is 11.0. The molecule has 0 bridgehead atoms. The van der Waals surface area contributed by atoms with Crippen molar-refractivity contribution in [2.75, 3.05) is 22.1 Å². The van der Waals surface area contributed by atoms with Gasteiger partial charge in [-0.15, -0.1) is 0 Å². The van der Waals surface area contributed by atoms with Gasteiger partial charge in [0.15, 0.2) is 11.4 Å². The van der Waals surface area contributed by atoms with Gasteiger partial charge < -0.3 is 35.5 Å². The van der Waals surface area contributed by atoms with Crippen LogP contribution in [0.25, 0.3) is 0 Å². The SMILES string of the molecule is Cn1ccnc1SC[C@@H]1C[C@H](c2ccc(CO)cc2)O[C@H](c2cccc(NC(=O)CCCCC(=O)Nc3ccccc3N)c2)O1. The van der Waals surface area contributed by atoms with Gasteiger partial charge in [-0.25, -0.2) is 4.98 Å². The molecule has 0 aliphatic carbocycles. The van der Waals surface area contributed by atoms with Crippen LogP contribution < -0.4 is 16.4 Å². The number of imidazole rings is 1. The van der Waals surface area contributed by atoms with Crippen LogP contribution in [0.2, 0.25) is 0 Å². The molecule has 5 N–H and O–H groups in total. The average molecular weight is 630 g/mol. The van der Waals surface area contributed by atoms with Crippen LogP contribution in [0.4, 0.5) is 17.1 Å². The summed E-state index contributed by atoms with van der Waals surface area (Å²) in [4.78, 5) is 29.4. The maximum absolute atomic E-state index is 12.7. The molecule has 0 unspecified atom stereocenters. The van der Waals surface area contributed by atoms with Gasteiger partial charge in [0.2, 0.25) is 11.8 Å². The molecule has 1 aliphatic rings. The highest BCUT2D eigenvalue weighted by atomic mass is 32.2. The van der Waals surface area contributed by atoms with Crippen molar-refractivity contribution < 1.29 is 24.2 Å². The number of carbonyl (C=O) groups excluding carboxylic acids is 2. The number of nitrogens with two attached hydrogens (primary N) is 1. The zero-order chi connectivity index (χ0) is 31.6. The number of aryl methyl sites for hydroxylation is 1. The predicted octanol–water partition coefficient (Wildman–Crippen LogP) is 5.97. The molecule has 10 nitrogen and oxygen atoms in total. The molecule has 1 aliphatic heterocycles. The molecular formula is C34H39N5O5S. The van der Waals surface area contributed by atoms with E-state index in [2.05, 4.69) is 15.6 Å². The number of aromatic nitrogens is 2. The van der Waals surface area contributed by atoms with E-state index >= 15 is 0 Å². The second kappa shape index (κ2) is 15.7. The Morgan fingerprint density at radius 2 is 1.73 bits per heavy atom. The average Bonchev–Trinajstić information content (AvgIpc) is 3.47. The third kappa shape index (κ3) is 9.18. The maximum atomic E-state index is 12.7. The van der Waals surface area contributed by atoms with E-state index in [0.29, 0.717) is 54.9 Å². The minimum atomic E-state index is -0.637. The molecule has 1 fully saturated rings. The molecule has 45 heavy (non-hydrogen) atoms. The molecule has 1 saturated heterocycles. The summed E-state index contributed by atoms with van der Waals surface area (Å²) < 4.78 is 14.9. The van der Waals surface area contributed by atoms with Gasteiger partial charge in [0.25, 0.3) is 0 Å². The number of rotatable bonds is 13. The Balaban J connectivity index is 1.17. The van der Waals surface area contributed by atoms with Crippen molar-refractivity contribution >= 4 is 40.6 Å². The Bertz CT molecular complexity index is 1580. The Morgan fingerprint density at radius 1 is 0.978 bits per heavy atom. The largest absolute Gasteiger partial charge is 0.397 e. The Labute approximate surface area is 267 Å². The Hall–Kier alpha value is -4.16. The van der Waals surface area contributed by atoms with Crippen LogP contribution in [-0.4, -0.2) is 38.3 Å². The fraction of sp³-hybridized carbons (Fsp3) is 0.324. The van der Waals surface area contributed by atoms with E-state index in [9.17, 15) is 14.7 Å². The second-order valence-corrected chi connectivity index (χ2v) is 12.0. The number of nitrogen functional groups attached to an aromatic ring is 1. The van der Waals surface area contributed by atoms with Crippen LogP contribution in [0.15, 0.2) is 90.3 Å². The van der Waals surface area contributed by atoms with E-state index in [1.54, 1.807) is 30.1 Å². The number of nitrogens with zero attached hydrogens (tertiary/aromatic N) is 2. The van der Waals surface area contributed by atoms with Gasteiger partial charge in [-0.1, -0.05) is 60.3 Å². The summed E-state index contributed by atoms with van der Waals surface area (Å²) >= 11 is 1.63. The molecule has 3 atom stereocenters. The maximum Gasteiger partial charge on any atom is 0.224 e. The highest BCUT2D eigenvalue weighted by molar-refractivity contribution is 7.99. The minimum absolute atomic E-state index is 0.0157. The molecule has 4 aromatic rings. The molecule has 2 heterocycles. The normalized spacial score (nSPS) is 18.0. The summed E-state index contributed by atoms with van der Waals surface area (Å²) in [6, 6.07) is 22.4. The highest BCUT2D eigenvalue weighted by Gasteiger charge is 2.32. The van der Waals surface area contributed by atoms with E-state index in [4.69, 9.17) is 15.2 Å². The monoisotopic (exact) mass is 629 g/mol. The van der Waals surface area contributed by atoms with Crippen LogP contribution in [0.5, 0.6) is 0 Å². The lowest BCUT2D eigenvalue weighted by molar-refractivity contribution is -0.245. The highest BCUT2D eigenvalue weighted by Crippen LogP contribution is 2.39. The predicted molar refractivity (Wildman–Crippen MR) is 175 cm³/mol. The van der Waals surface area contributed by atoms with E-state index < -0.39 is 6.29 Å². The molecule has 2 amide bonds. The fourth-order valence-corrected chi connectivity index (χ4v) is 6.01. The number of ether oxygens (including phenoxy) is 2. The quantitative estimate of drug-likeness (QED) is 0.0806. The van der Waals surface area contributed by atoms with Crippen molar-refractivity contribution in [2.45, 2.75) is 62.4 Å². The molecule has 1 aromatic heterocycles. The Morgan fingerprint density at radius 3 is 2.44 bits per heavy atom. The first-order valence-electron chi connectivity index (χ1n) is 15.0. The van der Waals surface area contributed by atoms with E-state index in [0.717, 1.165) is 21.8 Å². The summed E-state index contributed by atoms with van der Waals surface area (Å²) in [5.41, 5.74) is 10.3. The smallest absolute Gasteiger partial charge is 0.224 e. The Kier molecular flexibility index (Phi) is 11.3. The lowest BCUT2D eigenvalue weighted by atomic mass is 10.0. The number of hydrogen-bond acceptors (Lipinski definition) is 8. The lowest BCUT2D eigenvalue weighted by Crippen LogP contribution is -2.31. The third-order valence-electron chi connectivity index (χ3n) is 7.53. The summed E-state index contributed by atoms with van der Waals surface area (Å²) in [6.45, 7) is -0.0157. The van der Waals surface area contributed by atoms with Crippen molar-refractivity contribution in [3.8, 4) is 0 Å². The van der Waals surface area contributed by atoms with Crippen LogP contribution >= 0.6 is 11.8 Å². The zero-order valence-corrected chi connectivity index (χ0v) is 26.0. The van der Waals surface area contributed by atoms with Crippen LogP contribution in [-0.2, 0) is 32.7 Å². The minimum Gasteiger partial charge on any atom is -0.397 e. The number of carbonyl (C=O) groups is 2. The third-order valence-corrected chi connectivity index (χ3v) is 8.72. The van der Waals surface area contributed by atoms with E-state index in [-0.39, 0.29) is 30.6 Å². The lowest BCUT2D eigenvalue weighted by Gasteiger charge is -2.36. The first-order chi connectivity index (χ1) is 21.9. The zero-order valence-electron chi connectivity index (χ0n) is 25.2. The van der Waals surface area contributed by atoms with E-state index in [1.165, 1.54) is 0 Å². The van der Waals surface area contributed by atoms with E-state index in [1.807, 2.05) is 78.5 Å². The fourth-order valence-electron chi connectivity index (χ4n) is 5.06. The number of para-hydroxylation sites is 2. The number of benzene rings is 3. The summed E-state index contributed by atoms with van der Waals surface area (Å²) in [5.74, 6) is 0.438. The topological polar surface area (TPSA) is 141 Å². The first-order valence-corrected chi connectivity index (χ1v) is 16.0. The molecule has 0 spiro atoms. The van der Waals surface area contributed by atoms with Gasteiger partial charge in [0, 0.05) is 55.7 Å². The van der Waals surface area contributed by atoms with Crippen molar-refractivity contribution in [2.24, 2.45) is 7.05 Å². The van der Waals surface area contributed by atoms with Gasteiger partial charge in [0.1, 0.15) is 0 Å². The van der Waals surface area contributed by atoms with Gasteiger partial charge in [0.05, 0.1) is 30.2 Å². The molecule has 11 heteroatoms. The number of aliphatic hydroxyl groups excluding tert-OH is 1. The number of aliphatic hydroxyl groups is 1. The van der Waals surface area contributed by atoms with Crippen LogP contribution in [0.3, 0.4) is 0 Å². The summed E-state index contributed by atoms with van der Waals surface area (Å²) in [5, 5.41) is 16.2. The van der Waals surface area contributed by atoms with Gasteiger partial charge in [-0.3, -0.25) is 9.59 Å². The number of hydrogen-bond donors (Lipinski definition) is 4. The van der Waals surface area contributed by atoms with Crippen LogP contribution in [0, 0.1) is 0 Å².